The highest BCUT2D eigenvalue weighted by Gasteiger charge is 2.27. The average molecular weight is 384 g/mol. The third kappa shape index (κ3) is 5.10. The quantitative estimate of drug-likeness (QED) is 0.568. The molecule has 1 aromatic carbocycles. The molecule has 3 rings (SSSR count). The highest BCUT2D eigenvalue weighted by atomic mass is 32.2. The van der Waals surface area contributed by atoms with Gasteiger partial charge in [-0.3, -0.25) is 4.79 Å². The lowest BCUT2D eigenvalue weighted by atomic mass is 9.90. The SMILES string of the molecule is Cc1nc(S[C@@H](C)C(=O)N2CCC(Cc3ccccc3)CC2)nc(C)c1C. The van der Waals surface area contributed by atoms with Crippen LogP contribution in [0.5, 0.6) is 0 Å². The lowest BCUT2D eigenvalue weighted by Gasteiger charge is -2.33. The van der Waals surface area contributed by atoms with Crippen molar-refractivity contribution < 1.29 is 4.79 Å². The number of aryl methyl sites for hydroxylation is 2. The average Bonchev–Trinajstić information content (AvgIpc) is 2.67. The van der Waals surface area contributed by atoms with Crippen LogP contribution in [0.15, 0.2) is 35.5 Å². The van der Waals surface area contributed by atoms with Crippen LogP contribution in [0, 0.1) is 26.7 Å². The number of rotatable bonds is 5. The van der Waals surface area contributed by atoms with E-state index in [0.29, 0.717) is 11.1 Å². The van der Waals surface area contributed by atoms with Crippen LogP contribution >= 0.6 is 11.8 Å². The Labute approximate surface area is 166 Å². The van der Waals surface area contributed by atoms with Gasteiger partial charge in [0.05, 0.1) is 5.25 Å². The zero-order chi connectivity index (χ0) is 19.4. The van der Waals surface area contributed by atoms with Crippen molar-refractivity contribution in [3.8, 4) is 0 Å². The van der Waals surface area contributed by atoms with Crippen molar-refractivity contribution in [1.82, 2.24) is 14.9 Å². The Hall–Kier alpha value is -1.88. The summed E-state index contributed by atoms with van der Waals surface area (Å²) in [4.78, 5) is 24.0. The Bertz CT molecular complexity index is 762. The molecule has 1 aromatic heterocycles. The summed E-state index contributed by atoms with van der Waals surface area (Å²) in [6, 6.07) is 10.7. The molecule has 2 aromatic rings. The molecule has 0 spiro atoms. The molecule has 0 saturated carbocycles. The van der Waals surface area contributed by atoms with Crippen molar-refractivity contribution in [2.45, 2.75) is 57.4 Å². The summed E-state index contributed by atoms with van der Waals surface area (Å²) in [6.45, 7) is 9.71. The number of carbonyl (C=O) groups is 1. The second-order valence-corrected chi connectivity index (χ2v) is 8.83. The third-order valence-electron chi connectivity index (χ3n) is 5.54. The first-order chi connectivity index (χ1) is 12.9. The van der Waals surface area contributed by atoms with Crippen molar-refractivity contribution >= 4 is 17.7 Å². The van der Waals surface area contributed by atoms with Crippen molar-refractivity contribution in [2.24, 2.45) is 5.92 Å². The van der Waals surface area contributed by atoms with Gasteiger partial charge in [0, 0.05) is 24.5 Å². The summed E-state index contributed by atoms with van der Waals surface area (Å²) in [5.74, 6) is 0.878. The number of hydrogen-bond donors (Lipinski definition) is 0. The van der Waals surface area contributed by atoms with Crippen LogP contribution in [-0.4, -0.2) is 39.1 Å². The number of likely N-dealkylation sites (tertiary alicyclic amines) is 1. The number of piperidine rings is 1. The van der Waals surface area contributed by atoms with Crippen molar-refractivity contribution in [3.05, 3.63) is 52.8 Å². The predicted octanol–water partition coefficient (Wildman–Crippen LogP) is 4.36. The number of amides is 1. The zero-order valence-electron chi connectivity index (χ0n) is 16.7. The third-order valence-corrected chi connectivity index (χ3v) is 6.48. The molecule has 0 aliphatic carbocycles. The zero-order valence-corrected chi connectivity index (χ0v) is 17.6. The van der Waals surface area contributed by atoms with Crippen LogP contribution in [0.1, 0.15) is 42.3 Å². The fraction of sp³-hybridized carbons (Fsp3) is 0.500. The van der Waals surface area contributed by atoms with Crippen LogP contribution in [-0.2, 0) is 11.2 Å². The standard InChI is InChI=1S/C22H29N3OS/c1-15-16(2)23-22(24-17(15)3)27-18(4)21(26)25-12-10-20(11-13-25)14-19-8-6-5-7-9-19/h5-9,18,20H,10-14H2,1-4H3/t18-/m0/s1. The van der Waals surface area contributed by atoms with E-state index in [9.17, 15) is 4.79 Å². The van der Waals surface area contributed by atoms with Crippen LogP contribution in [0.25, 0.3) is 0 Å². The number of nitrogens with zero attached hydrogens (tertiary/aromatic N) is 3. The molecular weight excluding hydrogens is 354 g/mol. The Balaban J connectivity index is 1.52. The molecule has 1 saturated heterocycles. The molecule has 5 heteroatoms. The van der Waals surface area contributed by atoms with E-state index in [2.05, 4.69) is 40.3 Å². The largest absolute Gasteiger partial charge is 0.342 e. The Kier molecular flexibility index (Phi) is 6.53. The number of carbonyl (C=O) groups excluding carboxylic acids is 1. The minimum absolute atomic E-state index is 0.155. The molecule has 4 nitrogen and oxygen atoms in total. The van der Waals surface area contributed by atoms with Crippen LogP contribution in [0.3, 0.4) is 0 Å². The van der Waals surface area contributed by atoms with E-state index in [-0.39, 0.29) is 11.2 Å². The molecule has 1 atom stereocenters. The van der Waals surface area contributed by atoms with Gasteiger partial charge in [-0.25, -0.2) is 9.97 Å². The van der Waals surface area contributed by atoms with E-state index >= 15 is 0 Å². The molecule has 1 amide bonds. The molecule has 0 bridgehead atoms. The topological polar surface area (TPSA) is 46.1 Å². The molecule has 0 radical (unpaired) electrons. The van der Waals surface area contributed by atoms with E-state index in [1.54, 1.807) is 0 Å². The molecule has 2 heterocycles. The fourth-order valence-corrected chi connectivity index (χ4v) is 4.51. The minimum Gasteiger partial charge on any atom is -0.342 e. The van der Waals surface area contributed by atoms with Gasteiger partial charge in [0.2, 0.25) is 5.91 Å². The molecule has 144 valence electrons. The summed E-state index contributed by atoms with van der Waals surface area (Å²) >= 11 is 1.47. The van der Waals surface area contributed by atoms with Crippen molar-refractivity contribution in [2.75, 3.05) is 13.1 Å². The lowest BCUT2D eigenvalue weighted by Crippen LogP contribution is -2.42. The molecular formula is C22H29N3OS. The Morgan fingerprint density at radius 2 is 1.70 bits per heavy atom. The maximum absolute atomic E-state index is 12.9. The van der Waals surface area contributed by atoms with Gasteiger partial charge in [-0.1, -0.05) is 42.1 Å². The molecule has 1 fully saturated rings. The fourth-order valence-electron chi connectivity index (χ4n) is 3.56. The van der Waals surface area contributed by atoms with E-state index in [0.717, 1.165) is 49.3 Å². The van der Waals surface area contributed by atoms with Gasteiger partial charge < -0.3 is 4.90 Å². The number of aromatic nitrogens is 2. The van der Waals surface area contributed by atoms with Gasteiger partial charge in [0.25, 0.3) is 0 Å². The van der Waals surface area contributed by atoms with Crippen LogP contribution in [0.4, 0.5) is 0 Å². The predicted molar refractivity (Wildman–Crippen MR) is 111 cm³/mol. The van der Waals surface area contributed by atoms with Crippen molar-refractivity contribution in [3.63, 3.8) is 0 Å². The first-order valence-corrected chi connectivity index (χ1v) is 10.6. The van der Waals surface area contributed by atoms with Gasteiger partial charge in [0.15, 0.2) is 5.16 Å². The smallest absolute Gasteiger partial charge is 0.235 e. The maximum Gasteiger partial charge on any atom is 0.235 e. The summed E-state index contributed by atoms with van der Waals surface area (Å²) < 4.78 is 0. The van der Waals surface area contributed by atoms with Crippen molar-refractivity contribution in [1.29, 1.82) is 0 Å². The Morgan fingerprint density at radius 3 is 2.30 bits per heavy atom. The number of benzene rings is 1. The van der Waals surface area contributed by atoms with Gasteiger partial charge in [0.1, 0.15) is 0 Å². The van der Waals surface area contributed by atoms with E-state index in [1.165, 1.54) is 17.3 Å². The van der Waals surface area contributed by atoms with Crippen LogP contribution in [0.2, 0.25) is 0 Å². The second kappa shape index (κ2) is 8.87. The maximum atomic E-state index is 12.9. The highest BCUT2D eigenvalue weighted by Crippen LogP contribution is 2.26. The summed E-state index contributed by atoms with van der Waals surface area (Å²) in [6.07, 6.45) is 3.28. The van der Waals surface area contributed by atoms with Gasteiger partial charge in [-0.2, -0.15) is 0 Å². The molecule has 0 N–H and O–H groups in total. The minimum atomic E-state index is -0.155. The summed E-state index contributed by atoms with van der Waals surface area (Å²) in [7, 11) is 0. The van der Waals surface area contributed by atoms with E-state index < -0.39 is 0 Å². The van der Waals surface area contributed by atoms with Gasteiger partial charge in [-0.05, 0) is 64.0 Å². The number of hydrogen-bond acceptors (Lipinski definition) is 4. The highest BCUT2D eigenvalue weighted by molar-refractivity contribution is 8.00. The second-order valence-electron chi connectivity index (χ2n) is 7.52. The molecule has 27 heavy (non-hydrogen) atoms. The first-order valence-electron chi connectivity index (χ1n) is 9.75. The number of thioether (sulfide) groups is 1. The van der Waals surface area contributed by atoms with Crippen LogP contribution < -0.4 is 0 Å². The molecule has 1 aliphatic heterocycles. The molecule has 0 unspecified atom stereocenters. The first kappa shape index (κ1) is 19.9. The van der Waals surface area contributed by atoms with E-state index in [1.807, 2.05) is 32.6 Å². The normalized spacial score (nSPS) is 16.4. The summed E-state index contributed by atoms with van der Waals surface area (Å²) in [5, 5.41) is 0.549. The summed E-state index contributed by atoms with van der Waals surface area (Å²) in [5.41, 5.74) is 4.50. The van der Waals surface area contributed by atoms with E-state index in [4.69, 9.17) is 0 Å². The lowest BCUT2D eigenvalue weighted by molar-refractivity contribution is -0.131. The van der Waals surface area contributed by atoms with Gasteiger partial charge >= 0.3 is 0 Å². The van der Waals surface area contributed by atoms with Gasteiger partial charge in [-0.15, -0.1) is 0 Å². The Morgan fingerprint density at radius 1 is 1.11 bits per heavy atom. The monoisotopic (exact) mass is 383 g/mol. The molecule has 1 aliphatic rings.